The number of hydrogen-bond donors (Lipinski definition) is 1. The summed E-state index contributed by atoms with van der Waals surface area (Å²) in [6.45, 7) is 14.0. The van der Waals surface area contributed by atoms with E-state index in [1.165, 1.54) is 0 Å². The SMILES string of the molecule is CC(C)(C)OC(=O)N1CCC2(CCOC2)C(N[S+]([O-])C(C)(C)C)C1. The minimum absolute atomic E-state index is 0.0422. The van der Waals surface area contributed by atoms with E-state index >= 15 is 0 Å². The highest BCUT2D eigenvalue weighted by atomic mass is 32.2. The molecule has 2 rings (SSSR count). The van der Waals surface area contributed by atoms with E-state index in [4.69, 9.17) is 9.47 Å². The Morgan fingerprint density at radius 3 is 2.46 bits per heavy atom. The number of nitrogens with one attached hydrogen (secondary N) is 1. The van der Waals surface area contributed by atoms with Crippen LogP contribution in [0.3, 0.4) is 0 Å². The summed E-state index contributed by atoms with van der Waals surface area (Å²) in [7, 11) is 0. The number of piperidine rings is 1. The van der Waals surface area contributed by atoms with Crippen molar-refractivity contribution in [1.29, 1.82) is 0 Å². The molecule has 140 valence electrons. The van der Waals surface area contributed by atoms with Gasteiger partial charge in [0.1, 0.15) is 10.3 Å². The fraction of sp³-hybridized carbons (Fsp3) is 0.941. The Morgan fingerprint density at radius 1 is 1.29 bits per heavy atom. The molecule has 0 aromatic carbocycles. The van der Waals surface area contributed by atoms with Crippen LogP contribution in [0, 0.1) is 5.41 Å². The lowest BCUT2D eigenvalue weighted by Gasteiger charge is -2.45. The molecular formula is C17H32N2O4S. The normalized spacial score (nSPS) is 29.8. The molecule has 2 aliphatic rings. The van der Waals surface area contributed by atoms with Gasteiger partial charge >= 0.3 is 6.09 Å². The van der Waals surface area contributed by atoms with E-state index in [0.29, 0.717) is 19.7 Å². The quantitative estimate of drug-likeness (QED) is 0.766. The van der Waals surface area contributed by atoms with Crippen LogP contribution >= 0.6 is 0 Å². The van der Waals surface area contributed by atoms with Crippen LogP contribution in [0.4, 0.5) is 4.79 Å². The molecule has 1 amide bonds. The van der Waals surface area contributed by atoms with Gasteiger partial charge in [-0.05, 0) is 54.4 Å². The second-order valence-electron chi connectivity index (χ2n) is 8.89. The molecule has 1 N–H and O–H groups in total. The second-order valence-corrected chi connectivity index (χ2v) is 10.9. The third-order valence-electron chi connectivity index (χ3n) is 4.61. The van der Waals surface area contributed by atoms with Gasteiger partial charge in [0.2, 0.25) is 0 Å². The van der Waals surface area contributed by atoms with Crippen LogP contribution in [0.25, 0.3) is 0 Å². The lowest BCUT2D eigenvalue weighted by Crippen LogP contribution is -2.61. The molecule has 0 aromatic rings. The number of likely N-dealkylation sites (tertiary alicyclic amines) is 1. The van der Waals surface area contributed by atoms with Crippen molar-refractivity contribution < 1.29 is 18.8 Å². The minimum atomic E-state index is -1.19. The molecule has 0 bridgehead atoms. The van der Waals surface area contributed by atoms with Gasteiger partial charge in [-0.2, -0.15) is 0 Å². The molecule has 0 aromatic heterocycles. The van der Waals surface area contributed by atoms with E-state index in [2.05, 4.69) is 4.72 Å². The first-order chi connectivity index (χ1) is 10.9. The molecule has 3 atom stereocenters. The molecule has 0 saturated carbocycles. The average molecular weight is 361 g/mol. The average Bonchev–Trinajstić information content (AvgIpc) is 2.87. The fourth-order valence-electron chi connectivity index (χ4n) is 3.09. The molecular weight excluding hydrogens is 328 g/mol. The monoisotopic (exact) mass is 360 g/mol. The lowest BCUT2D eigenvalue weighted by molar-refractivity contribution is 0.000542. The maximum Gasteiger partial charge on any atom is 0.410 e. The van der Waals surface area contributed by atoms with Crippen molar-refractivity contribution in [1.82, 2.24) is 9.62 Å². The van der Waals surface area contributed by atoms with Crippen molar-refractivity contribution >= 4 is 17.5 Å². The second kappa shape index (κ2) is 7.02. The minimum Gasteiger partial charge on any atom is -0.598 e. The smallest absolute Gasteiger partial charge is 0.410 e. The number of ether oxygens (including phenoxy) is 2. The first-order valence-electron chi connectivity index (χ1n) is 8.67. The van der Waals surface area contributed by atoms with Crippen LogP contribution in [0.5, 0.6) is 0 Å². The first kappa shape index (κ1) is 19.8. The first-order valence-corrected chi connectivity index (χ1v) is 9.82. The number of hydrogen-bond acceptors (Lipinski definition) is 5. The van der Waals surface area contributed by atoms with Gasteiger partial charge in [-0.15, -0.1) is 4.72 Å². The Kier molecular flexibility index (Phi) is 5.79. The van der Waals surface area contributed by atoms with Gasteiger partial charge in [0.15, 0.2) is 0 Å². The number of nitrogens with zero attached hydrogens (tertiary/aromatic N) is 1. The maximum absolute atomic E-state index is 12.6. The van der Waals surface area contributed by atoms with Crippen molar-refractivity contribution in [3.8, 4) is 0 Å². The maximum atomic E-state index is 12.6. The summed E-state index contributed by atoms with van der Waals surface area (Å²) in [5.74, 6) is 0. The molecule has 2 saturated heterocycles. The molecule has 0 aliphatic carbocycles. The summed E-state index contributed by atoms with van der Waals surface area (Å²) in [6, 6.07) is -0.0543. The lowest BCUT2D eigenvalue weighted by atomic mass is 9.74. The van der Waals surface area contributed by atoms with Gasteiger partial charge in [0, 0.05) is 36.5 Å². The van der Waals surface area contributed by atoms with E-state index in [0.717, 1.165) is 19.4 Å². The molecule has 3 unspecified atom stereocenters. The Morgan fingerprint density at radius 2 is 1.96 bits per heavy atom. The topological polar surface area (TPSA) is 73.9 Å². The highest BCUT2D eigenvalue weighted by Crippen LogP contribution is 2.40. The van der Waals surface area contributed by atoms with E-state index in [1.54, 1.807) is 4.90 Å². The summed E-state index contributed by atoms with van der Waals surface area (Å²) >= 11 is -1.19. The summed E-state index contributed by atoms with van der Waals surface area (Å²) < 4.78 is 26.7. The van der Waals surface area contributed by atoms with Crippen molar-refractivity contribution in [2.24, 2.45) is 5.41 Å². The largest absolute Gasteiger partial charge is 0.598 e. The molecule has 2 heterocycles. The van der Waals surface area contributed by atoms with Crippen LogP contribution in [0.15, 0.2) is 0 Å². The molecule has 6 nitrogen and oxygen atoms in total. The Labute approximate surface area is 148 Å². The molecule has 1 spiro atoms. The summed E-state index contributed by atoms with van der Waals surface area (Å²) in [6.07, 6.45) is 1.48. The highest BCUT2D eigenvalue weighted by molar-refractivity contribution is 7.90. The van der Waals surface area contributed by atoms with Gasteiger partial charge in [0.05, 0.1) is 12.6 Å². The van der Waals surface area contributed by atoms with Crippen molar-refractivity contribution in [2.75, 3.05) is 26.3 Å². The summed E-state index contributed by atoms with van der Waals surface area (Å²) in [5.41, 5.74) is -0.556. The number of rotatable bonds is 2. The van der Waals surface area contributed by atoms with E-state index in [1.807, 2.05) is 41.5 Å². The Hall–Kier alpha value is -0.500. The zero-order valence-corrected chi connectivity index (χ0v) is 16.6. The summed E-state index contributed by atoms with van der Waals surface area (Å²) in [5, 5.41) is 0. The predicted molar refractivity (Wildman–Crippen MR) is 95.1 cm³/mol. The van der Waals surface area contributed by atoms with Crippen molar-refractivity contribution in [2.45, 2.75) is 70.8 Å². The van der Waals surface area contributed by atoms with Gasteiger partial charge in [-0.3, -0.25) is 0 Å². The third kappa shape index (κ3) is 4.77. The highest BCUT2D eigenvalue weighted by Gasteiger charge is 2.49. The molecule has 2 fully saturated rings. The number of amides is 1. The van der Waals surface area contributed by atoms with E-state index < -0.39 is 17.0 Å². The Balaban J connectivity index is 2.10. The van der Waals surface area contributed by atoms with Crippen LogP contribution in [0.1, 0.15) is 54.4 Å². The zero-order chi connectivity index (χ0) is 18.2. The third-order valence-corrected chi connectivity index (χ3v) is 6.22. The van der Waals surface area contributed by atoms with Gasteiger partial charge in [-0.25, -0.2) is 4.79 Å². The van der Waals surface area contributed by atoms with Crippen molar-refractivity contribution in [3.05, 3.63) is 0 Å². The Bertz CT molecular complexity index is 452. The standard InChI is InChI=1S/C17H32N2O4S/c1-15(2,3)23-14(20)19-9-7-17(8-10-22-12-17)13(11-19)18-24(21)16(4,5)6/h13,18H,7-12H2,1-6H3. The van der Waals surface area contributed by atoms with Crippen LogP contribution in [-0.4, -0.2) is 58.2 Å². The molecule has 24 heavy (non-hydrogen) atoms. The molecule has 0 radical (unpaired) electrons. The number of carbonyl (C=O) groups excluding carboxylic acids is 1. The van der Waals surface area contributed by atoms with Crippen molar-refractivity contribution in [3.63, 3.8) is 0 Å². The summed E-state index contributed by atoms with van der Waals surface area (Å²) in [4.78, 5) is 14.1. The number of carbonyl (C=O) groups is 1. The van der Waals surface area contributed by atoms with Crippen LogP contribution in [0.2, 0.25) is 0 Å². The van der Waals surface area contributed by atoms with Crippen LogP contribution in [-0.2, 0) is 20.8 Å². The fourth-order valence-corrected chi connectivity index (χ4v) is 4.03. The van der Waals surface area contributed by atoms with Gasteiger partial charge in [-0.1, -0.05) is 0 Å². The van der Waals surface area contributed by atoms with E-state index in [9.17, 15) is 9.35 Å². The van der Waals surface area contributed by atoms with E-state index in [-0.39, 0.29) is 22.3 Å². The van der Waals surface area contributed by atoms with Gasteiger partial charge in [0.25, 0.3) is 0 Å². The zero-order valence-electron chi connectivity index (χ0n) is 15.8. The van der Waals surface area contributed by atoms with Gasteiger partial charge < -0.3 is 18.9 Å². The van der Waals surface area contributed by atoms with Crippen LogP contribution < -0.4 is 4.72 Å². The molecule has 2 aliphatic heterocycles. The predicted octanol–water partition coefficient (Wildman–Crippen LogP) is 2.45. The molecule has 7 heteroatoms.